The molecule has 14 heavy (non-hydrogen) atoms. The summed E-state index contributed by atoms with van der Waals surface area (Å²) in [7, 11) is 0. The van der Waals surface area contributed by atoms with E-state index in [-0.39, 0.29) is 6.61 Å². The minimum absolute atomic E-state index is 0.137. The second-order valence-corrected chi connectivity index (χ2v) is 3.92. The Balaban J connectivity index is 2.31. The molecule has 2 rings (SSSR count). The highest BCUT2D eigenvalue weighted by atomic mass is 16.3. The van der Waals surface area contributed by atoms with E-state index in [1.54, 1.807) is 0 Å². The fourth-order valence-corrected chi connectivity index (χ4v) is 1.95. The highest BCUT2D eigenvalue weighted by Gasteiger charge is 2.11. The van der Waals surface area contributed by atoms with Crippen molar-refractivity contribution < 1.29 is 5.11 Å². The average Bonchev–Trinajstić information content (AvgIpc) is 2.27. The molecule has 0 saturated heterocycles. The van der Waals surface area contributed by atoms with E-state index in [1.807, 2.05) is 6.07 Å². The van der Waals surface area contributed by atoms with Gasteiger partial charge in [-0.1, -0.05) is 31.2 Å². The van der Waals surface area contributed by atoms with Crippen LogP contribution in [0, 0.1) is 5.92 Å². The van der Waals surface area contributed by atoms with Crippen LogP contribution in [0.2, 0.25) is 0 Å². The lowest BCUT2D eigenvalue weighted by molar-refractivity contribution is 0.282. The Morgan fingerprint density at radius 2 is 2.29 bits per heavy atom. The van der Waals surface area contributed by atoms with Crippen molar-refractivity contribution in [2.75, 3.05) is 0 Å². The smallest absolute Gasteiger partial charge is 0.0682 e. The molecule has 0 radical (unpaired) electrons. The third kappa shape index (κ3) is 1.73. The fraction of sp³-hybridized carbons (Fsp3) is 0.385. The molecule has 0 amide bonds. The van der Waals surface area contributed by atoms with Gasteiger partial charge in [0.15, 0.2) is 0 Å². The van der Waals surface area contributed by atoms with Gasteiger partial charge in [-0.05, 0) is 41.5 Å². The molecule has 0 bridgehead atoms. The van der Waals surface area contributed by atoms with E-state index in [4.69, 9.17) is 5.11 Å². The topological polar surface area (TPSA) is 20.2 Å². The van der Waals surface area contributed by atoms with Gasteiger partial charge in [-0.15, -0.1) is 0 Å². The van der Waals surface area contributed by atoms with Crippen molar-refractivity contribution in [2.45, 2.75) is 26.4 Å². The summed E-state index contributed by atoms with van der Waals surface area (Å²) in [5.74, 6) is 0.697. The predicted molar refractivity (Wildman–Crippen MR) is 58.9 cm³/mol. The van der Waals surface area contributed by atoms with Gasteiger partial charge in [0.1, 0.15) is 0 Å². The summed E-state index contributed by atoms with van der Waals surface area (Å²) in [5, 5.41) is 9.01. The molecule has 0 saturated carbocycles. The molecule has 1 unspecified atom stereocenters. The quantitative estimate of drug-likeness (QED) is 0.756. The largest absolute Gasteiger partial charge is 0.392 e. The number of hydrogen-bond acceptors (Lipinski definition) is 1. The van der Waals surface area contributed by atoms with Crippen LogP contribution in [0.15, 0.2) is 24.3 Å². The third-order valence-corrected chi connectivity index (χ3v) is 2.95. The maximum Gasteiger partial charge on any atom is 0.0682 e. The Labute approximate surface area is 85.1 Å². The lowest BCUT2D eigenvalue weighted by atomic mass is 9.87. The minimum Gasteiger partial charge on any atom is -0.392 e. The van der Waals surface area contributed by atoms with Gasteiger partial charge in [0.25, 0.3) is 0 Å². The molecule has 1 aromatic rings. The molecule has 1 atom stereocenters. The summed E-state index contributed by atoms with van der Waals surface area (Å²) in [6.07, 6.45) is 6.82. The number of rotatable bonds is 2. The lowest BCUT2D eigenvalue weighted by Gasteiger charge is -2.18. The Bertz CT molecular complexity index is 352. The van der Waals surface area contributed by atoms with Gasteiger partial charge in [0, 0.05) is 0 Å². The molecule has 0 heterocycles. The monoisotopic (exact) mass is 188 g/mol. The maximum atomic E-state index is 9.01. The van der Waals surface area contributed by atoms with E-state index in [0.717, 1.165) is 12.0 Å². The van der Waals surface area contributed by atoms with Gasteiger partial charge in [-0.3, -0.25) is 0 Å². The number of benzene rings is 1. The fourth-order valence-electron chi connectivity index (χ4n) is 1.95. The van der Waals surface area contributed by atoms with Crippen LogP contribution in [0.1, 0.15) is 30.0 Å². The Morgan fingerprint density at radius 3 is 3.00 bits per heavy atom. The zero-order chi connectivity index (χ0) is 9.97. The normalized spacial score (nSPS) is 19.4. The molecule has 1 aromatic carbocycles. The second-order valence-electron chi connectivity index (χ2n) is 3.92. The van der Waals surface area contributed by atoms with E-state index in [9.17, 15) is 0 Å². The molecular formula is C13H16O. The SMILES string of the molecule is CCC1C=Cc2cc(CO)ccc2C1. The minimum atomic E-state index is 0.137. The Hall–Kier alpha value is -1.08. The number of fused-ring (bicyclic) bond motifs is 1. The maximum absolute atomic E-state index is 9.01. The van der Waals surface area contributed by atoms with Crippen molar-refractivity contribution in [3.63, 3.8) is 0 Å². The number of aliphatic hydroxyl groups excluding tert-OH is 1. The van der Waals surface area contributed by atoms with Gasteiger partial charge < -0.3 is 5.11 Å². The molecule has 0 aliphatic heterocycles. The standard InChI is InChI=1S/C13H16O/c1-2-10-3-5-13-8-11(9-14)4-6-12(13)7-10/h3-6,8,10,14H,2,7,9H2,1H3. The molecule has 1 aliphatic carbocycles. The lowest BCUT2D eigenvalue weighted by Crippen LogP contribution is -2.06. The summed E-state index contributed by atoms with van der Waals surface area (Å²) >= 11 is 0. The first-order valence-electron chi connectivity index (χ1n) is 5.24. The van der Waals surface area contributed by atoms with Crippen LogP contribution < -0.4 is 0 Å². The highest BCUT2D eigenvalue weighted by Crippen LogP contribution is 2.25. The van der Waals surface area contributed by atoms with Crippen molar-refractivity contribution in [3.8, 4) is 0 Å². The van der Waals surface area contributed by atoms with Crippen LogP contribution in [0.4, 0.5) is 0 Å². The van der Waals surface area contributed by atoms with E-state index in [0.29, 0.717) is 5.92 Å². The first kappa shape index (κ1) is 9.47. The number of allylic oxidation sites excluding steroid dienone is 1. The Morgan fingerprint density at radius 1 is 1.43 bits per heavy atom. The molecular weight excluding hydrogens is 172 g/mol. The van der Waals surface area contributed by atoms with Gasteiger partial charge in [-0.25, -0.2) is 0 Å². The van der Waals surface area contributed by atoms with Crippen LogP contribution in [-0.4, -0.2) is 5.11 Å². The van der Waals surface area contributed by atoms with Crippen molar-refractivity contribution in [1.29, 1.82) is 0 Å². The molecule has 1 heteroatoms. The summed E-state index contributed by atoms with van der Waals surface area (Å²) < 4.78 is 0. The molecule has 1 aliphatic rings. The predicted octanol–water partition coefficient (Wildman–Crippen LogP) is 2.77. The van der Waals surface area contributed by atoms with Crippen LogP contribution in [0.5, 0.6) is 0 Å². The molecule has 0 spiro atoms. The summed E-state index contributed by atoms with van der Waals surface area (Å²) in [6, 6.07) is 6.25. The van der Waals surface area contributed by atoms with Gasteiger partial charge in [0.05, 0.1) is 6.61 Å². The molecule has 0 aromatic heterocycles. The van der Waals surface area contributed by atoms with Crippen molar-refractivity contribution in [1.82, 2.24) is 0 Å². The van der Waals surface area contributed by atoms with Gasteiger partial charge in [-0.2, -0.15) is 0 Å². The van der Waals surface area contributed by atoms with Crippen LogP contribution >= 0.6 is 0 Å². The first-order valence-corrected chi connectivity index (χ1v) is 5.24. The average molecular weight is 188 g/mol. The Kier molecular flexibility index (Phi) is 2.69. The number of aliphatic hydroxyl groups is 1. The van der Waals surface area contributed by atoms with Crippen LogP contribution in [0.25, 0.3) is 6.08 Å². The highest BCUT2D eigenvalue weighted by molar-refractivity contribution is 5.57. The first-order chi connectivity index (χ1) is 6.83. The molecule has 1 nitrogen and oxygen atoms in total. The van der Waals surface area contributed by atoms with Crippen LogP contribution in [-0.2, 0) is 13.0 Å². The second kappa shape index (κ2) is 3.97. The summed E-state index contributed by atoms with van der Waals surface area (Å²) in [4.78, 5) is 0. The van der Waals surface area contributed by atoms with E-state index >= 15 is 0 Å². The van der Waals surface area contributed by atoms with Crippen molar-refractivity contribution >= 4 is 6.08 Å². The molecule has 0 fully saturated rings. The summed E-state index contributed by atoms with van der Waals surface area (Å²) in [6.45, 7) is 2.36. The zero-order valence-corrected chi connectivity index (χ0v) is 8.53. The zero-order valence-electron chi connectivity index (χ0n) is 8.53. The van der Waals surface area contributed by atoms with Crippen molar-refractivity contribution in [2.24, 2.45) is 5.92 Å². The van der Waals surface area contributed by atoms with Gasteiger partial charge in [0.2, 0.25) is 0 Å². The van der Waals surface area contributed by atoms with Crippen molar-refractivity contribution in [3.05, 3.63) is 41.0 Å². The molecule has 74 valence electrons. The third-order valence-electron chi connectivity index (χ3n) is 2.95. The van der Waals surface area contributed by atoms with E-state index in [1.165, 1.54) is 17.5 Å². The van der Waals surface area contributed by atoms with E-state index < -0.39 is 0 Å². The number of hydrogen-bond donors (Lipinski definition) is 1. The van der Waals surface area contributed by atoms with Gasteiger partial charge >= 0.3 is 0 Å². The molecule has 1 N–H and O–H groups in total. The summed E-state index contributed by atoms with van der Waals surface area (Å²) in [5.41, 5.74) is 3.70. The van der Waals surface area contributed by atoms with E-state index in [2.05, 4.69) is 31.2 Å². The van der Waals surface area contributed by atoms with Crippen LogP contribution in [0.3, 0.4) is 0 Å².